The molecule has 0 amide bonds. The van der Waals surface area contributed by atoms with Crippen molar-refractivity contribution in [2.24, 2.45) is 0 Å². The zero-order chi connectivity index (χ0) is 67.3. The fraction of sp³-hybridized carbons (Fsp3) is 0.0227. The molecule has 17 aromatic rings. The van der Waals surface area contributed by atoms with E-state index in [-0.39, 0.29) is 0 Å². The highest BCUT2D eigenvalue weighted by atomic mass is 32.1. The molecule has 4 aliphatic rings. The van der Waals surface area contributed by atoms with Gasteiger partial charge >= 0.3 is 0 Å². The molecule has 0 saturated carbocycles. The van der Waals surface area contributed by atoms with Crippen molar-refractivity contribution in [3.63, 3.8) is 0 Å². The molecule has 0 radical (unpaired) electrons. The van der Waals surface area contributed by atoms with Gasteiger partial charge in [0.2, 0.25) is 0 Å². The second-order valence-electron chi connectivity index (χ2n) is 25.4. The zero-order valence-electron chi connectivity index (χ0n) is 54.3. The molecule has 10 nitrogen and oxygen atoms in total. The first kappa shape index (κ1) is 59.7. The Balaban J connectivity index is 0.000000138. The van der Waals surface area contributed by atoms with Crippen LogP contribution in [0.4, 0.5) is 34.4 Å². The molecular formula is C88H54N10S4. The fourth-order valence-electron chi connectivity index (χ4n) is 15.7. The highest BCUT2D eigenvalue weighted by molar-refractivity contribution is 7.21. The topological polar surface area (TPSA) is 110 Å². The number of aromatic nitrogens is 8. The maximum absolute atomic E-state index is 5.15. The van der Waals surface area contributed by atoms with Crippen LogP contribution in [-0.2, 0) is 10.8 Å². The molecule has 14 heteroatoms. The van der Waals surface area contributed by atoms with Gasteiger partial charge in [0.1, 0.15) is 17.3 Å². The van der Waals surface area contributed by atoms with Crippen LogP contribution in [-0.4, -0.2) is 39.9 Å². The number of hydrogen-bond donors (Lipinski definition) is 0. The third-order valence-corrected chi connectivity index (χ3v) is 24.0. The molecule has 0 unspecified atom stereocenters. The Morgan fingerprint density at radius 2 is 0.676 bits per heavy atom. The first-order valence-corrected chi connectivity index (χ1v) is 37.1. The van der Waals surface area contributed by atoms with Gasteiger partial charge in [-0.1, -0.05) is 170 Å². The molecule has 0 saturated heterocycles. The van der Waals surface area contributed by atoms with Gasteiger partial charge in [0, 0.05) is 101 Å². The quantitative estimate of drug-likeness (QED) is 0.139. The van der Waals surface area contributed by atoms with Crippen molar-refractivity contribution >= 4 is 79.7 Å². The van der Waals surface area contributed by atoms with E-state index in [0.717, 1.165) is 102 Å². The Hall–Kier alpha value is -12.3. The molecule has 2 aliphatic carbocycles. The summed E-state index contributed by atoms with van der Waals surface area (Å²) in [5.41, 5.74) is 25.2. The maximum atomic E-state index is 5.15. The smallest absolute Gasteiger partial charge is 0.179 e. The van der Waals surface area contributed by atoms with E-state index >= 15 is 0 Å². The Morgan fingerprint density at radius 1 is 0.255 bits per heavy atom. The van der Waals surface area contributed by atoms with E-state index in [1.165, 1.54) is 64.0 Å². The lowest BCUT2D eigenvalue weighted by Crippen LogP contribution is -2.36. The molecule has 0 bridgehead atoms. The highest BCUT2D eigenvalue weighted by Crippen LogP contribution is 2.67. The summed E-state index contributed by atoms with van der Waals surface area (Å²) in [6.45, 7) is 0. The van der Waals surface area contributed by atoms with E-state index in [4.69, 9.17) is 29.9 Å². The van der Waals surface area contributed by atoms with Crippen molar-refractivity contribution in [1.82, 2.24) is 39.9 Å². The molecule has 2 spiro atoms. The van der Waals surface area contributed by atoms with Crippen molar-refractivity contribution in [3.8, 4) is 98.6 Å². The van der Waals surface area contributed by atoms with Crippen molar-refractivity contribution in [1.29, 1.82) is 0 Å². The number of anilines is 6. The maximum Gasteiger partial charge on any atom is 0.179 e. The summed E-state index contributed by atoms with van der Waals surface area (Å²) in [6, 6.07) is 95.9. The van der Waals surface area contributed by atoms with Crippen LogP contribution in [0, 0.1) is 0 Å². The summed E-state index contributed by atoms with van der Waals surface area (Å²) in [5, 5.41) is 8.93. The van der Waals surface area contributed by atoms with Gasteiger partial charge in [-0.05, 0) is 169 Å². The Bertz CT molecular complexity index is 5810. The van der Waals surface area contributed by atoms with Crippen molar-refractivity contribution in [2.45, 2.75) is 10.8 Å². The summed E-state index contributed by atoms with van der Waals surface area (Å²) < 4.78 is 0. The lowest BCUT2D eigenvalue weighted by molar-refractivity contribution is 0.748. The normalized spacial score (nSPS) is 13.4. The molecule has 0 atom stereocenters. The van der Waals surface area contributed by atoms with Crippen LogP contribution in [0.2, 0.25) is 0 Å². The van der Waals surface area contributed by atoms with E-state index in [0.29, 0.717) is 11.6 Å². The van der Waals surface area contributed by atoms with Crippen LogP contribution >= 0.6 is 45.3 Å². The van der Waals surface area contributed by atoms with Crippen molar-refractivity contribution in [3.05, 3.63) is 370 Å². The van der Waals surface area contributed by atoms with Crippen LogP contribution in [0.15, 0.2) is 325 Å². The van der Waals surface area contributed by atoms with Gasteiger partial charge in [-0.2, -0.15) is 0 Å². The van der Waals surface area contributed by atoms with E-state index < -0.39 is 10.8 Å². The first-order valence-electron chi connectivity index (χ1n) is 33.6. The monoisotopic (exact) mass is 1380 g/mol. The van der Waals surface area contributed by atoms with Crippen LogP contribution in [0.25, 0.3) is 98.6 Å². The molecular weight excluding hydrogens is 1330 g/mol. The molecule has 0 N–H and O–H groups in total. The van der Waals surface area contributed by atoms with Gasteiger partial charge in [0.15, 0.2) is 11.6 Å². The number of rotatable bonds is 9. The van der Waals surface area contributed by atoms with Crippen molar-refractivity contribution in [2.75, 3.05) is 9.80 Å². The molecule has 10 aromatic heterocycles. The summed E-state index contributed by atoms with van der Waals surface area (Å²) in [4.78, 5) is 49.4. The average Bonchev–Trinajstić information content (AvgIpc) is 1.49. The van der Waals surface area contributed by atoms with E-state index in [2.05, 4.69) is 254 Å². The van der Waals surface area contributed by atoms with Gasteiger partial charge in [-0.25, -0.2) is 29.9 Å². The summed E-state index contributed by atoms with van der Waals surface area (Å²) >= 11 is 7.33. The predicted octanol–water partition coefficient (Wildman–Crippen LogP) is 22.7. The van der Waals surface area contributed by atoms with Crippen LogP contribution < -0.4 is 9.80 Å². The summed E-state index contributed by atoms with van der Waals surface area (Å²) in [6.07, 6.45) is 9.27. The SMILES string of the molecule is c1ccc(-c2cc(-c3ccc(N4c5ccccc5C5(c6cccnc64)c4ccsc4-c4sccc45)cc3)nc(-c3ccc(-c4cccnc4)cc3)n2)cc1.c1ccc(-c2cc(-c3cccc(N4c5ccccc5C5(c6cccnc64)c4ccsc4-c4sccc45)c3)nc(-c3ccccn3)n2)cc1. The number of thiophene rings is 4. The Labute approximate surface area is 604 Å². The van der Waals surface area contributed by atoms with E-state index in [1.54, 1.807) is 12.4 Å². The predicted molar refractivity (Wildman–Crippen MR) is 416 cm³/mol. The molecule has 102 heavy (non-hydrogen) atoms. The van der Waals surface area contributed by atoms with Gasteiger partial charge in [0.25, 0.3) is 0 Å². The zero-order valence-corrected chi connectivity index (χ0v) is 57.5. The summed E-state index contributed by atoms with van der Waals surface area (Å²) in [7, 11) is 0. The Morgan fingerprint density at radius 3 is 1.20 bits per heavy atom. The Kier molecular flexibility index (Phi) is 14.2. The van der Waals surface area contributed by atoms with Crippen LogP contribution in [0.1, 0.15) is 44.5 Å². The lowest BCUT2D eigenvalue weighted by atomic mass is 9.66. The number of pyridine rings is 4. The largest absolute Gasteiger partial charge is 0.294 e. The number of para-hydroxylation sites is 2. The highest BCUT2D eigenvalue weighted by Gasteiger charge is 2.55. The van der Waals surface area contributed by atoms with Crippen LogP contribution in [0.3, 0.4) is 0 Å². The number of benzene rings is 7. The molecule has 2 aliphatic heterocycles. The minimum atomic E-state index is -0.423. The lowest BCUT2D eigenvalue weighted by Gasteiger charge is -2.43. The second kappa shape index (κ2) is 24.3. The van der Waals surface area contributed by atoms with Gasteiger partial charge in [0.05, 0.1) is 45.0 Å². The molecule has 12 heterocycles. The van der Waals surface area contributed by atoms with E-state index in [9.17, 15) is 0 Å². The second-order valence-corrected chi connectivity index (χ2v) is 29.1. The number of fused-ring (bicyclic) bond motifs is 18. The van der Waals surface area contributed by atoms with Gasteiger partial charge in [-0.3, -0.25) is 19.8 Å². The number of nitrogens with zero attached hydrogens (tertiary/aromatic N) is 10. The molecule has 0 fully saturated rings. The van der Waals surface area contributed by atoms with Gasteiger partial charge < -0.3 is 0 Å². The van der Waals surface area contributed by atoms with Crippen molar-refractivity contribution < 1.29 is 0 Å². The third-order valence-electron chi connectivity index (χ3n) is 20.0. The fourth-order valence-corrected chi connectivity index (χ4v) is 19.9. The first-order chi connectivity index (χ1) is 50.6. The number of hydrogen-bond acceptors (Lipinski definition) is 14. The molecule has 21 rings (SSSR count). The minimum Gasteiger partial charge on any atom is -0.294 e. The standard InChI is InChI=1S/C47H29N5S2.C41H25N5S2/c1-2-8-31(9-3-1)40-28-41(51-45(50-40)33-16-14-30(15-17-33)34-10-6-24-48-29-34)32-18-20-35(21-19-32)52-42-13-5-4-11-36(42)47(39-12-7-25-49-46(39)52)37-22-26-53-43(37)44-38(47)23-27-54-44;1-2-10-26(11-3-1)34-25-35(45-39(44-34)33-16-6-7-20-42-33)27-12-8-13-28(24-27)46-36-17-5-4-14-29(36)41(32-15-9-21-43-40(32)46)30-18-22-47-37(30)38-31(41)19-23-48-38/h1-29H;1-25H. The van der Waals surface area contributed by atoms with Gasteiger partial charge in [-0.15, -0.1) is 45.3 Å². The van der Waals surface area contributed by atoms with Crippen LogP contribution in [0.5, 0.6) is 0 Å². The third kappa shape index (κ3) is 9.34. The average molecular weight is 1380 g/mol. The molecule has 7 aromatic carbocycles. The summed E-state index contributed by atoms with van der Waals surface area (Å²) in [5.74, 6) is 3.16. The molecule has 480 valence electrons. The minimum absolute atomic E-state index is 0.414. The van der Waals surface area contributed by atoms with E-state index in [1.807, 2.05) is 125 Å².